The number of rotatable bonds is 6. The summed E-state index contributed by atoms with van der Waals surface area (Å²) in [5.41, 5.74) is 2.75. The van der Waals surface area contributed by atoms with E-state index in [4.69, 9.17) is 10.2 Å². The molecule has 1 atom stereocenters. The monoisotopic (exact) mass is 495 g/mol. The summed E-state index contributed by atoms with van der Waals surface area (Å²) >= 11 is 1.90. The van der Waals surface area contributed by atoms with Crippen LogP contribution in [0.15, 0.2) is 70.5 Å². The van der Waals surface area contributed by atoms with Crippen LogP contribution < -0.4 is 4.90 Å². The molecule has 3 aliphatic rings. The number of hydrogen-bond donors (Lipinski definition) is 2. The summed E-state index contributed by atoms with van der Waals surface area (Å²) in [6, 6.07) is 18.5. The zero-order valence-corrected chi connectivity index (χ0v) is 20.7. The molecule has 1 unspecified atom stereocenters. The Kier molecular flexibility index (Phi) is 8.84. The molecule has 0 bridgehead atoms. The van der Waals surface area contributed by atoms with Crippen LogP contribution in [0, 0.1) is 0 Å². The fourth-order valence-electron chi connectivity index (χ4n) is 5.04. The van der Waals surface area contributed by atoms with Crippen molar-refractivity contribution in [3.63, 3.8) is 0 Å². The molecule has 0 spiro atoms. The van der Waals surface area contributed by atoms with Gasteiger partial charge in [0.15, 0.2) is 0 Å². The van der Waals surface area contributed by atoms with Crippen molar-refractivity contribution < 1.29 is 19.8 Å². The summed E-state index contributed by atoms with van der Waals surface area (Å²) in [5.74, 6) is -2.51. The number of carboxylic acids is 2. The van der Waals surface area contributed by atoms with Gasteiger partial charge in [-0.25, -0.2) is 9.59 Å². The normalized spacial score (nSPS) is 19.8. The molecule has 2 aromatic carbocycles. The molecular formula is C27H33N3O4S. The fraction of sp³-hybridized carbons (Fsp3) is 0.407. The lowest BCUT2D eigenvalue weighted by Crippen LogP contribution is -2.54. The van der Waals surface area contributed by atoms with Crippen LogP contribution in [0.25, 0.3) is 0 Å². The zero-order chi connectivity index (χ0) is 24.6. The van der Waals surface area contributed by atoms with Crippen molar-refractivity contribution in [3.8, 4) is 0 Å². The number of piperazine rings is 1. The lowest BCUT2D eigenvalue weighted by Gasteiger charge is -2.44. The van der Waals surface area contributed by atoms with E-state index in [2.05, 4.69) is 63.2 Å². The molecule has 2 fully saturated rings. The highest BCUT2D eigenvalue weighted by atomic mass is 32.2. The maximum atomic E-state index is 9.55. The molecule has 0 radical (unpaired) electrons. The van der Waals surface area contributed by atoms with E-state index in [9.17, 15) is 9.59 Å². The van der Waals surface area contributed by atoms with Gasteiger partial charge in [-0.3, -0.25) is 4.90 Å². The van der Waals surface area contributed by atoms with Gasteiger partial charge < -0.3 is 20.0 Å². The maximum absolute atomic E-state index is 9.55. The predicted octanol–water partition coefficient (Wildman–Crippen LogP) is 4.56. The summed E-state index contributed by atoms with van der Waals surface area (Å²) in [6.07, 6.45) is 6.57. The Morgan fingerprint density at radius 1 is 0.857 bits per heavy atom. The van der Waals surface area contributed by atoms with Gasteiger partial charge in [0.1, 0.15) is 0 Å². The van der Waals surface area contributed by atoms with Crippen molar-refractivity contribution in [2.45, 2.75) is 41.5 Å². The maximum Gasteiger partial charge on any atom is 0.328 e. The molecule has 2 saturated heterocycles. The van der Waals surface area contributed by atoms with Gasteiger partial charge >= 0.3 is 11.9 Å². The first-order chi connectivity index (χ1) is 17.0. The highest BCUT2D eigenvalue weighted by Gasteiger charge is 2.29. The number of benzene rings is 2. The first kappa shape index (κ1) is 25.3. The molecular weight excluding hydrogens is 462 g/mol. The van der Waals surface area contributed by atoms with E-state index in [1.165, 1.54) is 79.6 Å². The quantitative estimate of drug-likeness (QED) is 0.564. The summed E-state index contributed by atoms with van der Waals surface area (Å²) < 4.78 is 0. The molecule has 7 nitrogen and oxygen atoms in total. The molecule has 0 aromatic heterocycles. The Morgan fingerprint density at radius 2 is 1.49 bits per heavy atom. The Balaban J connectivity index is 0.000000314. The van der Waals surface area contributed by atoms with Gasteiger partial charge in [-0.2, -0.15) is 0 Å². The van der Waals surface area contributed by atoms with Crippen LogP contribution in [-0.2, 0) is 9.59 Å². The van der Waals surface area contributed by atoms with Crippen molar-refractivity contribution in [2.75, 3.05) is 44.2 Å². The van der Waals surface area contributed by atoms with Gasteiger partial charge in [0.2, 0.25) is 0 Å². The minimum absolute atomic E-state index is 0.558. The van der Waals surface area contributed by atoms with Gasteiger partial charge in [0.05, 0.1) is 11.4 Å². The minimum Gasteiger partial charge on any atom is -0.478 e. The molecule has 0 amide bonds. The number of piperidine rings is 1. The molecule has 5 rings (SSSR count). The summed E-state index contributed by atoms with van der Waals surface area (Å²) in [6.45, 7) is 7.45. The number of fused-ring (bicyclic) bond motifs is 3. The third-order valence-corrected chi connectivity index (χ3v) is 7.81. The highest BCUT2D eigenvalue weighted by Crippen LogP contribution is 2.47. The number of nitrogens with zero attached hydrogens (tertiary/aromatic N) is 3. The highest BCUT2D eigenvalue weighted by molar-refractivity contribution is 7.99. The van der Waals surface area contributed by atoms with Crippen molar-refractivity contribution in [1.82, 2.24) is 9.80 Å². The van der Waals surface area contributed by atoms with Gasteiger partial charge in [-0.1, -0.05) is 42.4 Å². The standard InChI is InChI=1S/C23H29N3S.C4H4O4/c1-3-11-22-20(9-1)26(21-10-2-4-12-23(21)27-22)15-7-13-24-16-17-25-14-6-5-8-19(25)18-24;5-3(6)1-2-4(7)8/h1-4,9-12,19H,5-8,13-18H2;1-2H,(H,5,6)(H,7,8)/b;2-1-. The lowest BCUT2D eigenvalue weighted by molar-refractivity contribution is -0.134. The largest absolute Gasteiger partial charge is 0.478 e. The second kappa shape index (κ2) is 12.2. The Labute approximate surface area is 211 Å². The number of anilines is 2. The molecule has 3 aliphatic heterocycles. The van der Waals surface area contributed by atoms with Crippen LogP contribution in [0.5, 0.6) is 0 Å². The number of hydrogen-bond acceptors (Lipinski definition) is 6. The molecule has 2 N–H and O–H groups in total. The van der Waals surface area contributed by atoms with Crippen molar-refractivity contribution in [2.24, 2.45) is 0 Å². The van der Waals surface area contributed by atoms with Crippen molar-refractivity contribution in [3.05, 3.63) is 60.7 Å². The average Bonchev–Trinajstić information content (AvgIpc) is 2.87. The Bertz CT molecular complexity index is 999. The second-order valence-corrected chi connectivity index (χ2v) is 10.1. The SMILES string of the molecule is O=C(O)/C=C\C(=O)O.c1ccc2c(c1)Sc1ccccc1N2CCCN1CCN2CCCCC2C1. The third-order valence-electron chi connectivity index (χ3n) is 6.68. The van der Waals surface area contributed by atoms with Crippen molar-refractivity contribution >= 4 is 35.1 Å². The van der Waals surface area contributed by atoms with Crippen LogP contribution >= 0.6 is 11.8 Å². The minimum atomic E-state index is -1.26. The van der Waals surface area contributed by atoms with E-state index in [0.29, 0.717) is 12.2 Å². The van der Waals surface area contributed by atoms with E-state index in [0.717, 1.165) is 12.6 Å². The molecule has 8 heteroatoms. The van der Waals surface area contributed by atoms with Crippen LogP contribution in [0.3, 0.4) is 0 Å². The number of carbonyl (C=O) groups is 2. The summed E-state index contributed by atoms with van der Waals surface area (Å²) in [4.78, 5) is 29.9. The van der Waals surface area contributed by atoms with Crippen LogP contribution in [0.1, 0.15) is 25.7 Å². The molecule has 0 aliphatic carbocycles. The van der Waals surface area contributed by atoms with E-state index in [1.807, 2.05) is 11.8 Å². The molecule has 3 heterocycles. The Hall–Kier alpha value is -2.81. The van der Waals surface area contributed by atoms with Gasteiger partial charge in [-0.15, -0.1) is 0 Å². The smallest absolute Gasteiger partial charge is 0.328 e. The van der Waals surface area contributed by atoms with E-state index < -0.39 is 11.9 Å². The molecule has 2 aromatic rings. The van der Waals surface area contributed by atoms with Crippen LogP contribution in [0.2, 0.25) is 0 Å². The predicted molar refractivity (Wildman–Crippen MR) is 139 cm³/mol. The van der Waals surface area contributed by atoms with Crippen LogP contribution in [0.4, 0.5) is 11.4 Å². The summed E-state index contributed by atoms with van der Waals surface area (Å²) in [7, 11) is 0. The first-order valence-corrected chi connectivity index (χ1v) is 13.1. The first-order valence-electron chi connectivity index (χ1n) is 12.2. The number of aliphatic carboxylic acids is 2. The summed E-state index contributed by atoms with van der Waals surface area (Å²) in [5, 5.41) is 15.6. The fourth-order valence-corrected chi connectivity index (χ4v) is 6.14. The van der Waals surface area contributed by atoms with Crippen LogP contribution in [-0.4, -0.2) is 77.3 Å². The molecule has 0 saturated carbocycles. The number of para-hydroxylation sites is 2. The van der Waals surface area contributed by atoms with Gasteiger partial charge in [0, 0.05) is 54.2 Å². The van der Waals surface area contributed by atoms with Crippen molar-refractivity contribution in [1.29, 1.82) is 0 Å². The number of carboxylic acid groups (broad SMARTS) is 2. The van der Waals surface area contributed by atoms with E-state index >= 15 is 0 Å². The topological polar surface area (TPSA) is 84.3 Å². The Morgan fingerprint density at radius 3 is 2.11 bits per heavy atom. The zero-order valence-electron chi connectivity index (χ0n) is 19.9. The van der Waals surface area contributed by atoms with Gasteiger partial charge in [-0.05, 0) is 56.6 Å². The molecule has 35 heavy (non-hydrogen) atoms. The second-order valence-electron chi connectivity index (χ2n) is 9.04. The van der Waals surface area contributed by atoms with E-state index in [-0.39, 0.29) is 0 Å². The third kappa shape index (κ3) is 6.87. The van der Waals surface area contributed by atoms with Gasteiger partial charge in [0.25, 0.3) is 0 Å². The average molecular weight is 496 g/mol. The van der Waals surface area contributed by atoms with E-state index in [1.54, 1.807) is 0 Å². The molecule has 186 valence electrons. The lowest BCUT2D eigenvalue weighted by atomic mass is 9.99.